The number of halogens is 2. The molecule has 3 rings (SSSR count). The first-order valence-electron chi connectivity index (χ1n) is 6.69. The summed E-state index contributed by atoms with van der Waals surface area (Å²) in [4.78, 5) is 0. The van der Waals surface area contributed by atoms with Gasteiger partial charge in [-0.25, -0.2) is 0 Å². The van der Waals surface area contributed by atoms with Crippen LogP contribution in [0.3, 0.4) is 0 Å². The molecule has 1 aromatic heterocycles. The minimum absolute atomic E-state index is 0. The van der Waals surface area contributed by atoms with E-state index in [1.165, 1.54) is 0 Å². The van der Waals surface area contributed by atoms with Crippen molar-refractivity contribution in [3.8, 4) is 11.3 Å². The van der Waals surface area contributed by atoms with Crippen LogP contribution in [0, 0.1) is 0 Å². The number of fused-ring (bicyclic) bond motifs is 1. The van der Waals surface area contributed by atoms with Crippen molar-refractivity contribution >= 4 is 34.9 Å². The van der Waals surface area contributed by atoms with E-state index in [0.717, 1.165) is 34.1 Å². The molecule has 1 heterocycles. The van der Waals surface area contributed by atoms with Gasteiger partial charge in [-0.2, -0.15) is 5.10 Å². The molecule has 0 bridgehead atoms. The number of aromatic amines is 1. The maximum absolute atomic E-state index is 6.37. The van der Waals surface area contributed by atoms with Gasteiger partial charge in [0.2, 0.25) is 0 Å². The fourth-order valence-corrected chi connectivity index (χ4v) is 2.78. The summed E-state index contributed by atoms with van der Waals surface area (Å²) in [6.45, 7) is 2.06. The van der Waals surface area contributed by atoms with Gasteiger partial charge < -0.3 is 5.73 Å². The fourth-order valence-electron chi connectivity index (χ4n) is 2.49. The van der Waals surface area contributed by atoms with Crippen LogP contribution in [0.15, 0.2) is 42.5 Å². The molecule has 0 aliphatic rings. The molecule has 0 fully saturated rings. The molecule has 0 saturated carbocycles. The largest absolute Gasteiger partial charge is 0.324 e. The molecule has 5 heteroatoms. The Kier molecular flexibility index (Phi) is 4.88. The third-order valence-corrected chi connectivity index (χ3v) is 3.90. The number of H-pyrrole nitrogens is 1. The van der Waals surface area contributed by atoms with Crippen molar-refractivity contribution in [2.24, 2.45) is 5.73 Å². The minimum atomic E-state index is -0.0914. The molecule has 3 N–H and O–H groups in total. The number of nitrogens with one attached hydrogen (secondary N) is 1. The molecular formula is C16H17Cl2N3. The number of nitrogens with zero attached hydrogens (tertiary/aromatic N) is 1. The van der Waals surface area contributed by atoms with Crippen molar-refractivity contribution in [1.82, 2.24) is 10.2 Å². The van der Waals surface area contributed by atoms with Crippen LogP contribution < -0.4 is 5.73 Å². The van der Waals surface area contributed by atoms with Crippen molar-refractivity contribution < 1.29 is 0 Å². The van der Waals surface area contributed by atoms with Gasteiger partial charge in [0.05, 0.1) is 5.52 Å². The van der Waals surface area contributed by atoms with Gasteiger partial charge in [0.1, 0.15) is 5.69 Å². The molecule has 0 aliphatic heterocycles. The highest BCUT2D eigenvalue weighted by atomic mass is 35.5. The summed E-state index contributed by atoms with van der Waals surface area (Å²) in [5.74, 6) is 0. The Bertz CT molecular complexity index is 738. The Balaban J connectivity index is 0.00000161. The summed E-state index contributed by atoms with van der Waals surface area (Å²) >= 11 is 6.37. The fraction of sp³-hybridized carbons (Fsp3) is 0.188. The third kappa shape index (κ3) is 2.77. The zero-order valence-electron chi connectivity index (χ0n) is 11.6. The number of hydrogen-bond acceptors (Lipinski definition) is 2. The molecule has 21 heavy (non-hydrogen) atoms. The molecule has 2 aromatic carbocycles. The topological polar surface area (TPSA) is 54.7 Å². The van der Waals surface area contributed by atoms with E-state index >= 15 is 0 Å². The van der Waals surface area contributed by atoms with Crippen LogP contribution in [0.4, 0.5) is 0 Å². The van der Waals surface area contributed by atoms with E-state index in [9.17, 15) is 0 Å². The lowest BCUT2D eigenvalue weighted by Crippen LogP contribution is -2.09. The maximum Gasteiger partial charge on any atom is 0.100 e. The van der Waals surface area contributed by atoms with Crippen molar-refractivity contribution in [1.29, 1.82) is 0 Å². The van der Waals surface area contributed by atoms with Crippen LogP contribution in [-0.2, 0) is 0 Å². The summed E-state index contributed by atoms with van der Waals surface area (Å²) in [6.07, 6.45) is 0.832. The average Bonchev–Trinajstić information content (AvgIpc) is 2.91. The Labute approximate surface area is 134 Å². The first-order valence-corrected chi connectivity index (χ1v) is 7.07. The molecule has 1 atom stereocenters. The van der Waals surface area contributed by atoms with Gasteiger partial charge in [-0.15, -0.1) is 12.4 Å². The van der Waals surface area contributed by atoms with Gasteiger partial charge in [0.25, 0.3) is 0 Å². The number of nitrogens with two attached hydrogens (primary N) is 1. The van der Waals surface area contributed by atoms with Gasteiger partial charge in [-0.05, 0) is 24.1 Å². The second kappa shape index (κ2) is 6.48. The summed E-state index contributed by atoms with van der Waals surface area (Å²) in [7, 11) is 0. The minimum Gasteiger partial charge on any atom is -0.324 e. The van der Waals surface area contributed by atoms with Crippen molar-refractivity contribution in [3.05, 3.63) is 53.1 Å². The summed E-state index contributed by atoms with van der Waals surface area (Å²) in [6, 6.07) is 13.8. The van der Waals surface area contributed by atoms with E-state index in [1.54, 1.807) is 0 Å². The number of benzene rings is 2. The lowest BCUT2D eigenvalue weighted by molar-refractivity contribution is 0.705. The number of rotatable bonds is 3. The van der Waals surface area contributed by atoms with Gasteiger partial charge in [-0.1, -0.05) is 48.9 Å². The zero-order chi connectivity index (χ0) is 14.1. The molecule has 0 spiro atoms. The van der Waals surface area contributed by atoms with Crippen LogP contribution in [0.2, 0.25) is 5.02 Å². The predicted octanol–water partition coefficient (Wildman–Crippen LogP) is 4.71. The lowest BCUT2D eigenvalue weighted by Gasteiger charge is -2.13. The van der Waals surface area contributed by atoms with Crippen molar-refractivity contribution in [2.45, 2.75) is 19.4 Å². The molecule has 0 saturated heterocycles. The molecule has 3 nitrogen and oxygen atoms in total. The van der Waals surface area contributed by atoms with Crippen molar-refractivity contribution in [3.63, 3.8) is 0 Å². The Hall–Kier alpha value is -1.55. The van der Waals surface area contributed by atoms with E-state index < -0.39 is 0 Å². The van der Waals surface area contributed by atoms with Crippen LogP contribution in [0.25, 0.3) is 22.2 Å². The second-order valence-electron chi connectivity index (χ2n) is 4.84. The summed E-state index contributed by atoms with van der Waals surface area (Å²) in [5.41, 5.74) is 10.1. The third-order valence-electron chi connectivity index (χ3n) is 3.58. The zero-order valence-corrected chi connectivity index (χ0v) is 13.2. The van der Waals surface area contributed by atoms with Crippen LogP contribution >= 0.6 is 24.0 Å². The molecule has 110 valence electrons. The number of aromatic nitrogens is 2. The molecule has 0 amide bonds. The van der Waals surface area contributed by atoms with Gasteiger partial charge >= 0.3 is 0 Å². The van der Waals surface area contributed by atoms with E-state index in [2.05, 4.69) is 17.1 Å². The van der Waals surface area contributed by atoms with E-state index in [4.69, 9.17) is 17.3 Å². The molecular weight excluding hydrogens is 305 g/mol. The molecule has 0 aliphatic carbocycles. The highest BCUT2D eigenvalue weighted by molar-refractivity contribution is 6.32. The molecule has 1 unspecified atom stereocenters. The van der Waals surface area contributed by atoms with Crippen LogP contribution in [0.1, 0.15) is 24.9 Å². The second-order valence-corrected chi connectivity index (χ2v) is 5.24. The first-order chi connectivity index (χ1) is 9.72. The standard InChI is InChI=1S/C16H16ClN3.ClH/c1-2-12(18)14-11(17)8-9-13-15(14)16(20-19-13)10-6-4-3-5-7-10;/h3-9,12H,2,18H2,1H3,(H,19,20);1H. The highest BCUT2D eigenvalue weighted by Gasteiger charge is 2.18. The van der Waals surface area contributed by atoms with Crippen LogP contribution in [0.5, 0.6) is 0 Å². The first kappa shape index (κ1) is 15.8. The van der Waals surface area contributed by atoms with Crippen LogP contribution in [-0.4, -0.2) is 10.2 Å². The Morgan fingerprint density at radius 1 is 1.19 bits per heavy atom. The van der Waals surface area contributed by atoms with E-state index in [-0.39, 0.29) is 18.4 Å². The maximum atomic E-state index is 6.37. The quantitative estimate of drug-likeness (QED) is 0.733. The Morgan fingerprint density at radius 3 is 2.57 bits per heavy atom. The predicted molar refractivity (Wildman–Crippen MR) is 91.0 cm³/mol. The van der Waals surface area contributed by atoms with E-state index in [0.29, 0.717) is 5.02 Å². The van der Waals surface area contributed by atoms with E-state index in [1.807, 2.05) is 42.5 Å². The SMILES string of the molecule is CCC(N)c1c(Cl)ccc2[nH]nc(-c3ccccc3)c12.Cl. The Morgan fingerprint density at radius 2 is 1.90 bits per heavy atom. The van der Waals surface area contributed by atoms with Gasteiger partial charge in [0.15, 0.2) is 0 Å². The average molecular weight is 322 g/mol. The van der Waals surface area contributed by atoms with Crippen molar-refractivity contribution in [2.75, 3.05) is 0 Å². The highest BCUT2D eigenvalue weighted by Crippen LogP contribution is 2.36. The monoisotopic (exact) mass is 321 g/mol. The van der Waals surface area contributed by atoms with Gasteiger partial charge in [-0.3, -0.25) is 5.10 Å². The smallest absolute Gasteiger partial charge is 0.100 e. The molecule has 0 radical (unpaired) electrons. The van der Waals surface area contributed by atoms with Gasteiger partial charge in [0, 0.05) is 22.0 Å². The normalized spacial score (nSPS) is 12.1. The summed E-state index contributed by atoms with van der Waals surface area (Å²) < 4.78 is 0. The molecule has 3 aromatic rings. The lowest BCUT2D eigenvalue weighted by atomic mass is 9.97. The number of hydrogen-bond donors (Lipinski definition) is 2. The summed E-state index contributed by atoms with van der Waals surface area (Å²) in [5, 5.41) is 9.24.